The normalized spacial score (nSPS) is 16.6. The van der Waals surface area contributed by atoms with E-state index in [0.29, 0.717) is 30.8 Å². The van der Waals surface area contributed by atoms with Crippen LogP contribution in [0.2, 0.25) is 0 Å². The second kappa shape index (κ2) is 6.80. The number of fused-ring (bicyclic) bond motifs is 1. The third kappa shape index (κ3) is 3.19. The molecule has 0 bridgehead atoms. The third-order valence-electron chi connectivity index (χ3n) is 4.51. The molecule has 0 saturated heterocycles. The lowest BCUT2D eigenvalue weighted by Crippen LogP contribution is -2.35. The fourth-order valence-corrected chi connectivity index (χ4v) is 3.31. The molecule has 3 heterocycles. The average molecular weight is 347 g/mol. The number of nitrogens with zero attached hydrogens (tertiary/aromatic N) is 7. The van der Waals surface area contributed by atoms with Gasteiger partial charge in [-0.1, -0.05) is 6.07 Å². The van der Waals surface area contributed by atoms with Gasteiger partial charge in [0.25, 0.3) is 5.91 Å². The van der Waals surface area contributed by atoms with Crippen molar-refractivity contribution >= 4 is 5.91 Å². The molecule has 0 unspecified atom stereocenters. The summed E-state index contributed by atoms with van der Waals surface area (Å²) in [6, 6.07) is 8.88. The number of nitriles is 1. The van der Waals surface area contributed by atoms with E-state index >= 15 is 0 Å². The van der Waals surface area contributed by atoms with Gasteiger partial charge in [-0.05, 0) is 18.2 Å². The summed E-state index contributed by atoms with van der Waals surface area (Å²) in [5, 5.41) is 13.3. The Bertz CT molecular complexity index is 954. The molecule has 8 nitrogen and oxygen atoms in total. The van der Waals surface area contributed by atoms with Gasteiger partial charge < -0.3 is 9.47 Å². The summed E-state index contributed by atoms with van der Waals surface area (Å²) in [4.78, 5) is 23.2. The van der Waals surface area contributed by atoms with Crippen LogP contribution in [0, 0.1) is 17.2 Å². The number of carbonyl (C=O) groups excluding carboxylic acids is 1. The minimum absolute atomic E-state index is 0.0952. The van der Waals surface area contributed by atoms with Crippen LogP contribution in [0.1, 0.15) is 21.7 Å². The van der Waals surface area contributed by atoms with Crippen LogP contribution in [-0.4, -0.2) is 41.7 Å². The lowest BCUT2D eigenvalue weighted by molar-refractivity contribution is 0.0712. The Hall–Kier alpha value is -3.47. The smallest absolute Gasteiger partial charge is 0.254 e. The molecular formula is C18H17N7O. The highest BCUT2D eigenvalue weighted by Gasteiger charge is 2.27. The molecule has 26 heavy (non-hydrogen) atoms. The van der Waals surface area contributed by atoms with Crippen LogP contribution in [0.15, 0.2) is 49.3 Å². The number of aromatic nitrogens is 5. The summed E-state index contributed by atoms with van der Waals surface area (Å²) in [6.07, 6.45) is 6.89. The van der Waals surface area contributed by atoms with E-state index in [0.717, 1.165) is 12.4 Å². The first-order chi connectivity index (χ1) is 12.7. The highest BCUT2D eigenvalue weighted by atomic mass is 16.2. The zero-order chi connectivity index (χ0) is 17.9. The monoisotopic (exact) mass is 347 g/mol. The first-order valence-electron chi connectivity index (χ1n) is 8.35. The summed E-state index contributed by atoms with van der Waals surface area (Å²) in [6.45, 7) is 2.45. The molecule has 130 valence electrons. The van der Waals surface area contributed by atoms with E-state index in [9.17, 15) is 4.79 Å². The predicted octanol–water partition coefficient (Wildman–Crippen LogP) is 1.32. The first-order valence-corrected chi connectivity index (χ1v) is 8.35. The fourth-order valence-electron chi connectivity index (χ4n) is 3.31. The number of hydrogen-bond acceptors (Lipinski definition) is 5. The molecule has 1 aliphatic heterocycles. The van der Waals surface area contributed by atoms with Crippen molar-refractivity contribution in [2.24, 2.45) is 5.92 Å². The van der Waals surface area contributed by atoms with Crippen LogP contribution >= 0.6 is 0 Å². The molecular weight excluding hydrogens is 330 g/mol. The summed E-state index contributed by atoms with van der Waals surface area (Å²) >= 11 is 0. The van der Waals surface area contributed by atoms with Gasteiger partial charge >= 0.3 is 0 Å². The zero-order valence-corrected chi connectivity index (χ0v) is 14.1. The van der Waals surface area contributed by atoms with Gasteiger partial charge in [0, 0.05) is 43.5 Å². The Balaban J connectivity index is 1.61. The van der Waals surface area contributed by atoms with Gasteiger partial charge in [-0.15, -0.1) is 0 Å². The van der Waals surface area contributed by atoms with Crippen LogP contribution < -0.4 is 0 Å². The molecule has 0 radical (unpaired) electrons. The molecule has 1 aromatic carbocycles. The quantitative estimate of drug-likeness (QED) is 0.712. The first kappa shape index (κ1) is 16.0. The van der Waals surface area contributed by atoms with E-state index in [4.69, 9.17) is 5.26 Å². The van der Waals surface area contributed by atoms with Crippen LogP contribution in [0.3, 0.4) is 0 Å². The van der Waals surface area contributed by atoms with E-state index in [1.165, 1.54) is 6.33 Å². The number of imidazole rings is 1. The second-order valence-electron chi connectivity index (χ2n) is 6.36. The molecule has 1 aliphatic rings. The second-order valence-corrected chi connectivity index (χ2v) is 6.36. The lowest BCUT2D eigenvalue weighted by Gasteiger charge is -2.24. The standard InChI is InChI=1S/C18H17N7O/c19-7-14-2-1-3-16(6-14)18(26)24-9-15(10-25-13-20-12-22-25)8-23-5-4-21-17(23)11-24/h1-6,12-13,15H,8-11H2/t15-/m1/s1. The van der Waals surface area contributed by atoms with Gasteiger partial charge in [0.15, 0.2) is 0 Å². The Kier molecular flexibility index (Phi) is 4.19. The molecule has 3 aromatic rings. The van der Waals surface area contributed by atoms with Gasteiger partial charge in [0.05, 0.1) is 18.2 Å². The molecule has 0 fully saturated rings. The minimum atomic E-state index is -0.0952. The van der Waals surface area contributed by atoms with Gasteiger partial charge in [0.2, 0.25) is 0 Å². The van der Waals surface area contributed by atoms with Crippen molar-refractivity contribution in [1.29, 1.82) is 5.26 Å². The molecule has 1 amide bonds. The van der Waals surface area contributed by atoms with Gasteiger partial charge in [-0.3, -0.25) is 9.48 Å². The predicted molar refractivity (Wildman–Crippen MR) is 91.6 cm³/mol. The fraction of sp³-hybridized carbons (Fsp3) is 0.278. The average Bonchev–Trinajstić information content (AvgIpc) is 3.30. The lowest BCUT2D eigenvalue weighted by atomic mass is 10.1. The van der Waals surface area contributed by atoms with Gasteiger partial charge in [0.1, 0.15) is 18.5 Å². The SMILES string of the molecule is N#Cc1cccc(C(=O)N2Cc3nccn3C[C@@H](Cn3cncn3)C2)c1. The highest BCUT2D eigenvalue weighted by molar-refractivity contribution is 5.94. The summed E-state index contributed by atoms with van der Waals surface area (Å²) < 4.78 is 3.87. The van der Waals surface area contributed by atoms with Crippen molar-refractivity contribution in [2.45, 2.75) is 19.6 Å². The summed E-state index contributed by atoms with van der Waals surface area (Å²) in [7, 11) is 0. The van der Waals surface area contributed by atoms with Gasteiger partial charge in [-0.25, -0.2) is 9.97 Å². The Morgan fingerprint density at radius 1 is 1.35 bits per heavy atom. The van der Waals surface area contributed by atoms with Crippen molar-refractivity contribution in [3.63, 3.8) is 0 Å². The van der Waals surface area contributed by atoms with Crippen molar-refractivity contribution in [3.05, 3.63) is 66.3 Å². The number of amides is 1. The molecule has 4 rings (SSSR count). The van der Waals surface area contributed by atoms with E-state index in [1.807, 2.05) is 6.20 Å². The van der Waals surface area contributed by atoms with Crippen LogP contribution in [-0.2, 0) is 19.6 Å². The van der Waals surface area contributed by atoms with E-state index in [1.54, 1.807) is 46.4 Å². The molecule has 0 aliphatic carbocycles. The largest absolute Gasteiger partial charge is 0.333 e. The van der Waals surface area contributed by atoms with Crippen molar-refractivity contribution in [2.75, 3.05) is 6.54 Å². The van der Waals surface area contributed by atoms with E-state index < -0.39 is 0 Å². The van der Waals surface area contributed by atoms with E-state index in [2.05, 4.69) is 25.7 Å². The number of rotatable bonds is 3. The molecule has 0 saturated carbocycles. The summed E-state index contributed by atoms with van der Waals surface area (Å²) in [5.41, 5.74) is 0.995. The topological polar surface area (TPSA) is 92.6 Å². The molecule has 0 spiro atoms. The minimum Gasteiger partial charge on any atom is -0.333 e. The van der Waals surface area contributed by atoms with Crippen LogP contribution in [0.25, 0.3) is 0 Å². The Morgan fingerprint density at radius 3 is 3.08 bits per heavy atom. The van der Waals surface area contributed by atoms with Crippen LogP contribution in [0.5, 0.6) is 0 Å². The van der Waals surface area contributed by atoms with Crippen molar-refractivity contribution in [1.82, 2.24) is 29.2 Å². The number of carbonyl (C=O) groups is 1. The van der Waals surface area contributed by atoms with Crippen molar-refractivity contribution < 1.29 is 4.79 Å². The van der Waals surface area contributed by atoms with E-state index in [-0.39, 0.29) is 11.8 Å². The maximum Gasteiger partial charge on any atom is 0.254 e. The number of benzene rings is 1. The Labute approximate surface area is 150 Å². The van der Waals surface area contributed by atoms with Crippen molar-refractivity contribution in [3.8, 4) is 6.07 Å². The molecule has 2 aromatic heterocycles. The molecule has 0 N–H and O–H groups in total. The van der Waals surface area contributed by atoms with Crippen LogP contribution in [0.4, 0.5) is 0 Å². The highest BCUT2D eigenvalue weighted by Crippen LogP contribution is 2.19. The number of hydrogen-bond donors (Lipinski definition) is 0. The summed E-state index contributed by atoms with van der Waals surface area (Å²) in [5.74, 6) is 0.938. The maximum atomic E-state index is 13.0. The molecule has 8 heteroatoms. The Morgan fingerprint density at radius 2 is 2.27 bits per heavy atom. The van der Waals surface area contributed by atoms with Gasteiger partial charge in [-0.2, -0.15) is 10.4 Å². The molecule has 1 atom stereocenters. The zero-order valence-electron chi connectivity index (χ0n) is 14.1. The third-order valence-corrected chi connectivity index (χ3v) is 4.51. The maximum absolute atomic E-state index is 13.0.